The van der Waals surface area contributed by atoms with E-state index in [9.17, 15) is 78.4 Å². The molecule has 16 N–H and O–H groups in total. The summed E-state index contributed by atoms with van der Waals surface area (Å²) in [5, 5.41) is 115. The smallest absolute Gasteiger partial charge is 0.744 e. The number of hydrogen-bond donors (Lipinski definition) is 14. The van der Waals surface area contributed by atoms with E-state index in [1.807, 2.05) is 30.3 Å². The summed E-state index contributed by atoms with van der Waals surface area (Å²) in [4.78, 5) is 35.2. The molecular formula is C49H77N2NaO21S4. The van der Waals surface area contributed by atoms with E-state index >= 15 is 0 Å². The van der Waals surface area contributed by atoms with Crippen molar-refractivity contribution in [3.63, 3.8) is 0 Å². The number of carbonyl (C=O) groups is 3. The van der Waals surface area contributed by atoms with Gasteiger partial charge in [-0.15, -0.1) is 35.3 Å². The van der Waals surface area contributed by atoms with Crippen molar-refractivity contribution >= 4 is 62.8 Å². The van der Waals surface area contributed by atoms with Crippen LogP contribution in [-0.2, 0) is 40.3 Å². The molecule has 0 spiro atoms. The molecule has 5 rings (SSSR count). The van der Waals surface area contributed by atoms with Crippen molar-refractivity contribution in [1.29, 1.82) is 0 Å². The van der Waals surface area contributed by atoms with Crippen molar-refractivity contribution < 1.29 is 132 Å². The molecule has 3 saturated heterocycles. The van der Waals surface area contributed by atoms with E-state index in [4.69, 9.17) is 35.9 Å². The van der Waals surface area contributed by atoms with Gasteiger partial charge in [-0.2, -0.15) is 0 Å². The second kappa shape index (κ2) is 37.0. The number of aliphatic hydroxyl groups is 12. The minimum Gasteiger partial charge on any atom is -0.744 e. The van der Waals surface area contributed by atoms with Crippen LogP contribution in [0.4, 0.5) is 0 Å². The summed E-state index contributed by atoms with van der Waals surface area (Å²) in [7, 11) is -4.54. The van der Waals surface area contributed by atoms with E-state index in [1.165, 1.54) is 47.4 Å². The Balaban J connectivity index is 0.000000397. The Morgan fingerprint density at radius 3 is 1.26 bits per heavy atom. The Morgan fingerprint density at radius 1 is 0.545 bits per heavy atom. The van der Waals surface area contributed by atoms with E-state index in [1.54, 1.807) is 6.92 Å². The third-order valence-electron chi connectivity index (χ3n) is 12.5. The molecule has 17 atom stereocenters. The fourth-order valence-corrected chi connectivity index (χ4v) is 11.8. The molecular weight excluding hydrogens is 1100 g/mol. The van der Waals surface area contributed by atoms with Crippen LogP contribution in [0.2, 0.25) is 0 Å². The van der Waals surface area contributed by atoms with Gasteiger partial charge in [0, 0.05) is 24.8 Å². The third-order valence-corrected chi connectivity index (χ3v) is 17.1. The summed E-state index contributed by atoms with van der Waals surface area (Å²) in [6, 6.07) is 13.5. The van der Waals surface area contributed by atoms with Crippen LogP contribution >= 0.6 is 35.3 Å². The number of hydrogen-bond acceptors (Lipinski definition) is 26. The summed E-state index contributed by atoms with van der Waals surface area (Å²) in [6.07, 6.45) is -9.06. The predicted octanol–water partition coefficient (Wildman–Crippen LogP) is -5.08. The van der Waals surface area contributed by atoms with Gasteiger partial charge in [0.05, 0.1) is 36.8 Å². The minimum atomic E-state index is -4.54. The molecule has 3 heterocycles. The van der Waals surface area contributed by atoms with Gasteiger partial charge in [0.1, 0.15) is 111 Å². The van der Waals surface area contributed by atoms with E-state index in [0.717, 1.165) is 30.5 Å². The van der Waals surface area contributed by atoms with Crippen LogP contribution < -0.4 is 41.0 Å². The second-order valence-electron chi connectivity index (χ2n) is 18.5. The van der Waals surface area contributed by atoms with Crippen LogP contribution in [0.5, 0.6) is 0 Å². The molecule has 2 aromatic rings. The minimum absolute atomic E-state index is 0. The normalized spacial score (nSPS) is 30.1. The van der Waals surface area contributed by atoms with Gasteiger partial charge in [-0.1, -0.05) is 42.5 Å². The number of aliphatic hydroxyl groups excluding tert-OH is 12. The summed E-state index contributed by atoms with van der Waals surface area (Å²) in [5.41, 5.74) is 10.6. The Kier molecular flexibility index (Phi) is 34.6. The van der Waals surface area contributed by atoms with Gasteiger partial charge in [-0.25, -0.2) is 8.42 Å². The number of nitrogens with two attached hydrogens (primary N) is 2. The molecule has 28 heteroatoms. The van der Waals surface area contributed by atoms with Gasteiger partial charge in [0.25, 0.3) is 0 Å². The molecule has 77 heavy (non-hydrogen) atoms. The number of Topliss-reactive ketones (excluding diaryl/α,β-unsaturated/α-hetero) is 3. The van der Waals surface area contributed by atoms with Crippen LogP contribution in [-0.4, -0.2) is 230 Å². The Bertz CT molecular complexity index is 2110. The average molecular weight is 1180 g/mol. The number of unbranched alkanes of at least 4 members (excludes halogenated alkanes) is 3. The van der Waals surface area contributed by atoms with Gasteiger partial charge in [0.2, 0.25) is 0 Å². The van der Waals surface area contributed by atoms with Gasteiger partial charge in [-0.05, 0) is 86.8 Å². The molecule has 2 aromatic carbocycles. The van der Waals surface area contributed by atoms with Crippen LogP contribution in [0.1, 0.15) is 80.6 Å². The molecule has 15 unspecified atom stereocenters. The molecule has 3 aliphatic rings. The first-order chi connectivity index (χ1) is 36.0. The van der Waals surface area contributed by atoms with Crippen molar-refractivity contribution in [2.75, 3.05) is 37.1 Å². The molecule has 23 nitrogen and oxygen atoms in total. The van der Waals surface area contributed by atoms with Gasteiger partial charge >= 0.3 is 29.6 Å². The average Bonchev–Trinajstić information content (AvgIpc) is 3.40. The van der Waals surface area contributed by atoms with E-state index in [2.05, 4.69) is 0 Å². The van der Waals surface area contributed by atoms with Crippen molar-refractivity contribution in [3.8, 4) is 0 Å². The van der Waals surface area contributed by atoms with Gasteiger partial charge in [0.15, 0.2) is 5.78 Å². The van der Waals surface area contributed by atoms with Crippen LogP contribution in [0.15, 0.2) is 59.5 Å². The van der Waals surface area contributed by atoms with Crippen molar-refractivity contribution in [2.45, 2.75) is 178 Å². The number of carbonyl (C=O) groups excluding carboxylic acids is 3. The standard InChI is InChI=1S/C19H29NO6S.C17H24O9S2.C13H25NO6S.Na/c20-13(10-12-6-2-1-3-7-12)14(22)8-4-5-9-27-19-18(25)17(24)16(23)15(11-21)26-19;18-9-13-14(20)15(21)16(22)17(26-13)27-8-2-1-3-12(19)10-4-6-11(7-5-10)28(23,24)25;1-7(14)8(16)4-2-3-5-21-13-12(19)11(18)10(17)9(6-15)20-13;/h1-3,6-7,13,15-19,21,23-25H,4-5,8-11,20H2;4-7,13-18,20-22H,1-3,8-9H2,(H,23,24,25);7,9-13,15,17-19H,2-6,14H2,1H3;/q;;;+1/p-1/t13-,15?,16?,17?,18?,19?;;7-,9?,10?,11?,12?,13?;/m1.1./s1. The molecule has 434 valence electrons. The summed E-state index contributed by atoms with van der Waals surface area (Å²) in [5.74, 6) is 1.62. The molecule has 0 aromatic heterocycles. The Morgan fingerprint density at radius 2 is 0.909 bits per heavy atom. The topological polar surface area (TPSA) is 431 Å². The molecule has 3 fully saturated rings. The van der Waals surface area contributed by atoms with E-state index < -0.39 is 132 Å². The number of benzene rings is 2. The molecule has 0 saturated carbocycles. The van der Waals surface area contributed by atoms with E-state index in [-0.39, 0.29) is 58.2 Å². The quantitative estimate of drug-likeness (QED) is 0.0172. The van der Waals surface area contributed by atoms with E-state index in [0.29, 0.717) is 67.8 Å². The number of thioether (sulfide) groups is 3. The third kappa shape index (κ3) is 23.9. The summed E-state index contributed by atoms with van der Waals surface area (Å²) < 4.78 is 48.8. The molecule has 3 aliphatic heterocycles. The summed E-state index contributed by atoms with van der Waals surface area (Å²) in [6.45, 7) is 0.314. The number of rotatable bonds is 27. The van der Waals surface area contributed by atoms with Gasteiger partial charge < -0.3 is 91.5 Å². The monoisotopic (exact) mass is 1180 g/mol. The van der Waals surface area contributed by atoms with Crippen LogP contribution in [0.3, 0.4) is 0 Å². The van der Waals surface area contributed by atoms with Crippen molar-refractivity contribution in [1.82, 2.24) is 0 Å². The Hall–Kier alpha value is -1.27. The zero-order chi connectivity index (χ0) is 56.7. The molecule has 0 aliphatic carbocycles. The maximum Gasteiger partial charge on any atom is 1.00 e. The zero-order valence-electron chi connectivity index (χ0n) is 43.2. The summed E-state index contributed by atoms with van der Waals surface area (Å²) >= 11 is 3.80. The second-order valence-corrected chi connectivity index (χ2v) is 23.5. The Labute approximate surface area is 483 Å². The maximum absolute atomic E-state index is 12.1. The van der Waals surface area contributed by atoms with Crippen LogP contribution in [0.25, 0.3) is 0 Å². The van der Waals surface area contributed by atoms with Crippen LogP contribution in [0, 0.1) is 0 Å². The SMILES string of the molecule is C[C@@H](N)C(=O)CCCCSC1OC(CO)C(O)C(O)C1O.N[C@H](Cc1ccccc1)C(=O)CCCCSC1OC(CO)C(O)C(O)C1O.O=C(CCCCSC1OC(CO)C(O)C(O)C1O)c1ccc(S(=O)(=O)[O-])cc1.[Na+]. The largest absolute Gasteiger partial charge is 1.00 e. The van der Waals surface area contributed by atoms with Gasteiger partial charge in [-0.3, -0.25) is 14.4 Å². The molecule has 0 bridgehead atoms. The number of ketones is 3. The fraction of sp³-hybridized carbons (Fsp3) is 0.694. The first kappa shape index (κ1) is 71.8. The maximum atomic E-state index is 12.1. The zero-order valence-corrected chi connectivity index (χ0v) is 48.4. The van der Waals surface area contributed by atoms with Crippen molar-refractivity contribution in [3.05, 3.63) is 65.7 Å². The van der Waals surface area contributed by atoms with Crippen molar-refractivity contribution in [2.24, 2.45) is 11.5 Å². The first-order valence-electron chi connectivity index (χ1n) is 24.9. The molecule has 0 amide bonds. The number of ether oxygens (including phenoxy) is 3. The first-order valence-corrected chi connectivity index (χ1v) is 29.5. The fourth-order valence-electron chi connectivity index (χ4n) is 7.75. The molecule has 0 radical (unpaired) electrons. The predicted molar refractivity (Wildman–Crippen MR) is 281 cm³/mol.